The summed E-state index contributed by atoms with van der Waals surface area (Å²) in [6.45, 7) is 5.97. The molecule has 1 amide bonds. The predicted octanol–water partition coefficient (Wildman–Crippen LogP) is 1.51. The Morgan fingerprint density at radius 3 is 2.75 bits per heavy atom. The van der Waals surface area contributed by atoms with Gasteiger partial charge < -0.3 is 20.3 Å². The molecule has 1 unspecified atom stereocenters. The summed E-state index contributed by atoms with van der Waals surface area (Å²) in [5, 5.41) is 0. The molecule has 1 aliphatic rings. The van der Waals surface area contributed by atoms with Gasteiger partial charge in [0.1, 0.15) is 5.82 Å². The quantitative estimate of drug-likeness (QED) is 0.780. The Morgan fingerprint density at radius 2 is 2.21 bits per heavy atom. The summed E-state index contributed by atoms with van der Waals surface area (Å²) in [7, 11) is 1.61. The van der Waals surface area contributed by atoms with Crippen molar-refractivity contribution in [2.24, 2.45) is 11.7 Å². The van der Waals surface area contributed by atoms with Gasteiger partial charge in [0, 0.05) is 46.0 Å². The third kappa shape index (κ3) is 5.18. The molecule has 1 atom stereocenters. The van der Waals surface area contributed by atoms with E-state index in [2.05, 4.69) is 16.0 Å². The number of methoxy groups -OCH3 is 1. The van der Waals surface area contributed by atoms with Crippen molar-refractivity contribution in [3.63, 3.8) is 0 Å². The SMILES string of the molecule is CCN(CC1CCN(c2ccccn2)CC1)C(=O)CC(CN)OC. The average molecular weight is 334 g/mol. The number of nitrogens with two attached hydrogens (primary N) is 1. The van der Waals surface area contributed by atoms with Crippen LogP contribution in [0.1, 0.15) is 26.2 Å². The van der Waals surface area contributed by atoms with Crippen LogP contribution in [0.3, 0.4) is 0 Å². The van der Waals surface area contributed by atoms with Gasteiger partial charge in [0.2, 0.25) is 5.91 Å². The van der Waals surface area contributed by atoms with Crippen molar-refractivity contribution in [2.75, 3.05) is 44.7 Å². The van der Waals surface area contributed by atoms with Crippen LogP contribution in [0.4, 0.5) is 5.82 Å². The van der Waals surface area contributed by atoms with Gasteiger partial charge in [-0.1, -0.05) is 6.07 Å². The number of nitrogens with zero attached hydrogens (tertiary/aromatic N) is 3. The summed E-state index contributed by atoms with van der Waals surface area (Å²) in [6, 6.07) is 6.02. The Labute approximate surface area is 145 Å². The molecule has 0 bridgehead atoms. The highest BCUT2D eigenvalue weighted by atomic mass is 16.5. The maximum atomic E-state index is 12.4. The van der Waals surface area contributed by atoms with Crippen LogP contribution in [0.15, 0.2) is 24.4 Å². The van der Waals surface area contributed by atoms with Crippen LogP contribution in [0, 0.1) is 5.92 Å². The minimum atomic E-state index is -0.183. The van der Waals surface area contributed by atoms with Gasteiger partial charge in [-0.3, -0.25) is 4.79 Å². The summed E-state index contributed by atoms with van der Waals surface area (Å²) in [5.74, 6) is 1.74. The highest BCUT2D eigenvalue weighted by Gasteiger charge is 2.24. The monoisotopic (exact) mass is 334 g/mol. The number of carbonyl (C=O) groups is 1. The predicted molar refractivity (Wildman–Crippen MR) is 95.9 cm³/mol. The number of carbonyl (C=O) groups excluding carboxylic acids is 1. The molecule has 0 saturated carbocycles. The van der Waals surface area contributed by atoms with E-state index in [-0.39, 0.29) is 12.0 Å². The standard InChI is InChI=1S/C18H30N4O2/c1-3-21(18(23)12-16(13-19)24-2)14-15-7-10-22(11-8-15)17-6-4-5-9-20-17/h4-6,9,15-16H,3,7-8,10-14,19H2,1-2H3. The molecule has 6 heteroatoms. The van der Waals surface area contributed by atoms with E-state index in [1.54, 1.807) is 7.11 Å². The Kier molecular flexibility index (Phi) is 7.46. The van der Waals surface area contributed by atoms with Crippen LogP contribution < -0.4 is 10.6 Å². The lowest BCUT2D eigenvalue weighted by atomic mass is 9.96. The molecular weight excluding hydrogens is 304 g/mol. The molecule has 1 saturated heterocycles. The first-order valence-corrected chi connectivity index (χ1v) is 8.84. The van der Waals surface area contributed by atoms with Gasteiger partial charge in [-0.25, -0.2) is 4.98 Å². The van der Waals surface area contributed by atoms with E-state index in [4.69, 9.17) is 10.5 Å². The van der Waals surface area contributed by atoms with Crippen LogP contribution in [-0.4, -0.2) is 61.7 Å². The Morgan fingerprint density at radius 1 is 1.46 bits per heavy atom. The third-order valence-corrected chi connectivity index (χ3v) is 4.80. The van der Waals surface area contributed by atoms with Crippen molar-refractivity contribution in [3.8, 4) is 0 Å². The van der Waals surface area contributed by atoms with Gasteiger partial charge in [0.25, 0.3) is 0 Å². The maximum absolute atomic E-state index is 12.4. The molecule has 0 radical (unpaired) electrons. The Balaban J connectivity index is 1.81. The summed E-state index contributed by atoms with van der Waals surface area (Å²) in [4.78, 5) is 21.1. The average Bonchev–Trinajstić information content (AvgIpc) is 2.65. The van der Waals surface area contributed by atoms with Gasteiger partial charge in [0.05, 0.1) is 12.5 Å². The minimum Gasteiger partial charge on any atom is -0.380 e. The van der Waals surface area contributed by atoms with E-state index < -0.39 is 0 Å². The second kappa shape index (κ2) is 9.59. The third-order valence-electron chi connectivity index (χ3n) is 4.80. The second-order valence-corrected chi connectivity index (χ2v) is 6.35. The number of hydrogen-bond acceptors (Lipinski definition) is 5. The summed E-state index contributed by atoms with van der Waals surface area (Å²) in [5.41, 5.74) is 5.62. The van der Waals surface area contributed by atoms with Gasteiger partial charge in [-0.15, -0.1) is 0 Å². The highest BCUT2D eigenvalue weighted by molar-refractivity contribution is 5.76. The van der Waals surface area contributed by atoms with Crippen molar-refractivity contribution >= 4 is 11.7 Å². The van der Waals surface area contributed by atoms with Crippen LogP contribution in [0.2, 0.25) is 0 Å². The lowest BCUT2D eigenvalue weighted by molar-refractivity contribution is -0.134. The molecule has 0 aliphatic carbocycles. The van der Waals surface area contributed by atoms with Crippen LogP contribution in [0.25, 0.3) is 0 Å². The topological polar surface area (TPSA) is 71.7 Å². The van der Waals surface area contributed by atoms with Gasteiger partial charge in [-0.05, 0) is 37.8 Å². The number of amides is 1. The molecule has 2 heterocycles. The second-order valence-electron chi connectivity index (χ2n) is 6.35. The number of pyridine rings is 1. The molecule has 1 aromatic rings. The molecular formula is C18H30N4O2. The van der Waals surface area contributed by atoms with E-state index in [0.717, 1.165) is 44.8 Å². The van der Waals surface area contributed by atoms with Crippen molar-refractivity contribution in [2.45, 2.75) is 32.3 Å². The smallest absolute Gasteiger partial charge is 0.225 e. The number of aromatic nitrogens is 1. The van der Waals surface area contributed by atoms with Gasteiger partial charge in [0.15, 0.2) is 0 Å². The fourth-order valence-corrected chi connectivity index (χ4v) is 3.19. The van der Waals surface area contributed by atoms with Gasteiger partial charge >= 0.3 is 0 Å². The molecule has 0 aromatic carbocycles. The molecule has 0 spiro atoms. The molecule has 1 fully saturated rings. The van der Waals surface area contributed by atoms with E-state index in [1.807, 2.05) is 30.2 Å². The zero-order chi connectivity index (χ0) is 17.4. The minimum absolute atomic E-state index is 0.141. The first kappa shape index (κ1) is 18.7. The molecule has 134 valence electrons. The largest absolute Gasteiger partial charge is 0.380 e. The summed E-state index contributed by atoms with van der Waals surface area (Å²) in [6.07, 6.45) is 4.20. The first-order valence-electron chi connectivity index (χ1n) is 8.84. The number of rotatable bonds is 8. The van der Waals surface area contributed by atoms with Crippen molar-refractivity contribution in [1.29, 1.82) is 0 Å². The maximum Gasteiger partial charge on any atom is 0.225 e. The van der Waals surface area contributed by atoms with E-state index in [9.17, 15) is 4.79 Å². The Bertz CT molecular complexity index is 485. The number of piperidine rings is 1. The van der Waals surface area contributed by atoms with E-state index in [0.29, 0.717) is 18.9 Å². The van der Waals surface area contributed by atoms with Crippen LogP contribution in [-0.2, 0) is 9.53 Å². The lowest BCUT2D eigenvalue weighted by Crippen LogP contribution is -2.42. The van der Waals surface area contributed by atoms with Crippen LogP contribution in [0.5, 0.6) is 0 Å². The van der Waals surface area contributed by atoms with Crippen LogP contribution >= 0.6 is 0 Å². The number of ether oxygens (including phenoxy) is 1. The fourth-order valence-electron chi connectivity index (χ4n) is 3.19. The lowest BCUT2D eigenvalue weighted by Gasteiger charge is -2.35. The van der Waals surface area contributed by atoms with Crippen molar-refractivity contribution in [3.05, 3.63) is 24.4 Å². The molecule has 1 aromatic heterocycles. The Hall–Kier alpha value is -1.66. The zero-order valence-corrected chi connectivity index (χ0v) is 14.9. The highest BCUT2D eigenvalue weighted by Crippen LogP contribution is 2.22. The zero-order valence-electron chi connectivity index (χ0n) is 14.9. The van der Waals surface area contributed by atoms with E-state index >= 15 is 0 Å². The first-order chi connectivity index (χ1) is 11.7. The number of hydrogen-bond donors (Lipinski definition) is 1. The summed E-state index contributed by atoms with van der Waals surface area (Å²) < 4.78 is 5.23. The number of anilines is 1. The normalized spacial score (nSPS) is 16.9. The molecule has 2 rings (SSSR count). The molecule has 2 N–H and O–H groups in total. The van der Waals surface area contributed by atoms with Crippen molar-refractivity contribution in [1.82, 2.24) is 9.88 Å². The molecule has 6 nitrogen and oxygen atoms in total. The summed E-state index contributed by atoms with van der Waals surface area (Å²) >= 11 is 0. The fraction of sp³-hybridized carbons (Fsp3) is 0.667. The van der Waals surface area contributed by atoms with E-state index in [1.165, 1.54) is 0 Å². The molecule has 1 aliphatic heterocycles. The molecule has 24 heavy (non-hydrogen) atoms. The van der Waals surface area contributed by atoms with Gasteiger partial charge in [-0.2, -0.15) is 0 Å². The van der Waals surface area contributed by atoms with Crippen molar-refractivity contribution < 1.29 is 9.53 Å².